The number of aromatic nitrogens is 4. The first-order valence-electron chi connectivity index (χ1n) is 4.97. The van der Waals surface area contributed by atoms with Crippen LogP contribution in [0.4, 0.5) is 8.78 Å². The molecule has 0 aliphatic rings. The fourth-order valence-corrected chi connectivity index (χ4v) is 1.88. The average Bonchev–Trinajstić information content (AvgIpc) is 2.76. The number of halogens is 3. The summed E-state index contributed by atoms with van der Waals surface area (Å²) >= 11 is 5.91. The van der Waals surface area contributed by atoms with E-state index in [-0.39, 0.29) is 22.1 Å². The maximum atomic E-state index is 13.7. The molecule has 0 saturated heterocycles. The van der Waals surface area contributed by atoms with Crippen molar-refractivity contribution in [2.75, 3.05) is 0 Å². The molecule has 0 amide bonds. The van der Waals surface area contributed by atoms with Gasteiger partial charge in [-0.05, 0) is 12.1 Å². The summed E-state index contributed by atoms with van der Waals surface area (Å²) in [7, 11) is 0. The lowest BCUT2D eigenvalue weighted by atomic mass is 10.1. The van der Waals surface area contributed by atoms with Crippen molar-refractivity contribution in [3.8, 4) is 11.1 Å². The molecule has 1 aromatic carbocycles. The topological polar surface area (TPSA) is 43.1 Å². The number of fused-ring (bicyclic) bond motifs is 1. The van der Waals surface area contributed by atoms with Gasteiger partial charge in [-0.3, -0.25) is 0 Å². The largest absolute Gasteiger partial charge is 0.253 e. The maximum Gasteiger partial charge on any atom is 0.253 e. The van der Waals surface area contributed by atoms with Gasteiger partial charge in [0.2, 0.25) is 0 Å². The normalized spacial score (nSPS) is 11.1. The lowest BCUT2D eigenvalue weighted by Crippen LogP contribution is -1.97. The molecular weight excluding hydrogens is 262 g/mol. The number of hydrogen-bond acceptors (Lipinski definition) is 3. The van der Waals surface area contributed by atoms with Gasteiger partial charge in [0.15, 0.2) is 0 Å². The summed E-state index contributed by atoms with van der Waals surface area (Å²) in [6, 6.07) is 3.59. The highest BCUT2D eigenvalue weighted by molar-refractivity contribution is 6.32. The molecule has 0 fully saturated rings. The highest BCUT2D eigenvalue weighted by Crippen LogP contribution is 2.30. The Morgan fingerprint density at radius 1 is 1.17 bits per heavy atom. The first-order valence-corrected chi connectivity index (χ1v) is 5.35. The SMILES string of the molecule is Fc1cccc(F)c1-c1cn2ncnc2nc1Cl. The van der Waals surface area contributed by atoms with Crippen LogP contribution in [-0.4, -0.2) is 19.6 Å². The third-order valence-electron chi connectivity index (χ3n) is 2.46. The van der Waals surface area contributed by atoms with Crippen LogP contribution in [0.1, 0.15) is 0 Å². The highest BCUT2D eigenvalue weighted by Gasteiger charge is 2.16. The summed E-state index contributed by atoms with van der Waals surface area (Å²) in [4.78, 5) is 7.74. The maximum absolute atomic E-state index is 13.7. The molecule has 3 aromatic rings. The van der Waals surface area contributed by atoms with Gasteiger partial charge in [0.25, 0.3) is 5.78 Å². The summed E-state index contributed by atoms with van der Waals surface area (Å²) < 4.78 is 28.6. The molecule has 0 spiro atoms. The first kappa shape index (κ1) is 11.0. The molecule has 0 N–H and O–H groups in total. The quantitative estimate of drug-likeness (QED) is 0.636. The molecule has 18 heavy (non-hydrogen) atoms. The molecule has 3 rings (SSSR count). The third kappa shape index (κ3) is 1.62. The predicted molar refractivity (Wildman–Crippen MR) is 61.1 cm³/mol. The van der Waals surface area contributed by atoms with Crippen molar-refractivity contribution in [3.63, 3.8) is 0 Å². The second-order valence-electron chi connectivity index (χ2n) is 3.55. The second kappa shape index (κ2) is 3.99. The minimum absolute atomic E-state index is 0.0282. The van der Waals surface area contributed by atoms with Gasteiger partial charge in [0, 0.05) is 11.8 Å². The van der Waals surface area contributed by atoms with Gasteiger partial charge in [0.1, 0.15) is 23.1 Å². The van der Waals surface area contributed by atoms with Gasteiger partial charge in [-0.25, -0.2) is 13.3 Å². The van der Waals surface area contributed by atoms with E-state index in [9.17, 15) is 8.78 Å². The minimum atomic E-state index is -0.710. The Morgan fingerprint density at radius 2 is 1.89 bits per heavy atom. The summed E-state index contributed by atoms with van der Waals surface area (Å²) in [5.74, 6) is -1.16. The van der Waals surface area contributed by atoms with E-state index in [0.29, 0.717) is 0 Å². The molecule has 0 saturated carbocycles. The van der Waals surface area contributed by atoms with Gasteiger partial charge < -0.3 is 0 Å². The Kier molecular flexibility index (Phi) is 2.45. The molecule has 0 bridgehead atoms. The molecular formula is C11H5ClF2N4. The molecule has 0 atom stereocenters. The summed E-state index contributed by atoms with van der Waals surface area (Å²) in [5.41, 5.74) is -0.0994. The molecule has 4 nitrogen and oxygen atoms in total. The molecule has 0 aliphatic carbocycles. The molecule has 2 aromatic heterocycles. The number of nitrogens with zero attached hydrogens (tertiary/aromatic N) is 4. The Balaban J connectivity index is 2.34. The van der Waals surface area contributed by atoms with Crippen molar-refractivity contribution in [2.45, 2.75) is 0 Å². The van der Waals surface area contributed by atoms with Crippen LogP contribution in [-0.2, 0) is 0 Å². The zero-order chi connectivity index (χ0) is 12.7. The minimum Gasteiger partial charge on any atom is -0.206 e. The zero-order valence-corrected chi connectivity index (χ0v) is 9.57. The van der Waals surface area contributed by atoms with Gasteiger partial charge in [-0.15, -0.1) is 0 Å². The van der Waals surface area contributed by atoms with Gasteiger partial charge >= 0.3 is 0 Å². The van der Waals surface area contributed by atoms with E-state index in [1.54, 1.807) is 0 Å². The van der Waals surface area contributed by atoms with Crippen LogP contribution >= 0.6 is 11.6 Å². The van der Waals surface area contributed by atoms with Crippen molar-refractivity contribution < 1.29 is 8.78 Å². The number of hydrogen-bond donors (Lipinski definition) is 0. The van der Waals surface area contributed by atoms with Crippen LogP contribution in [0, 0.1) is 11.6 Å². The zero-order valence-electron chi connectivity index (χ0n) is 8.81. The molecule has 0 unspecified atom stereocenters. The summed E-state index contributed by atoms with van der Waals surface area (Å²) in [6.07, 6.45) is 2.67. The lowest BCUT2D eigenvalue weighted by Gasteiger charge is -2.06. The average molecular weight is 267 g/mol. The lowest BCUT2D eigenvalue weighted by molar-refractivity contribution is 0.589. The molecule has 0 aliphatic heterocycles. The van der Waals surface area contributed by atoms with Crippen LogP contribution in [0.15, 0.2) is 30.7 Å². The standard InChI is InChI=1S/C11H5ClF2N4/c12-10-6(4-18-11(17-10)15-5-16-18)9-7(13)2-1-3-8(9)14/h1-5H. The van der Waals surface area contributed by atoms with Crippen LogP contribution in [0.25, 0.3) is 16.9 Å². The second-order valence-corrected chi connectivity index (χ2v) is 3.90. The van der Waals surface area contributed by atoms with E-state index in [2.05, 4.69) is 15.1 Å². The van der Waals surface area contributed by atoms with Crippen LogP contribution in [0.5, 0.6) is 0 Å². The number of benzene rings is 1. The summed E-state index contributed by atoms with van der Waals surface area (Å²) in [5, 5.41) is 3.82. The highest BCUT2D eigenvalue weighted by atomic mass is 35.5. The van der Waals surface area contributed by atoms with Crippen LogP contribution < -0.4 is 0 Å². The fraction of sp³-hybridized carbons (Fsp3) is 0. The smallest absolute Gasteiger partial charge is 0.206 e. The van der Waals surface area contributed by atoms with Crippen molar-refractivity contribution in [1.82, 2.24) is 19.6 Å². The van der Waals surface area contributed by atoms with Gasteiger partial charge in [0.05, 0.1) is 5.56 Å². The Morgan fingerprint density at radius 3 is 2.61 bits per heavy atom. The third-order valence-corrected chi connectivity index (χ3v) is 2.75. The van der Waals surface area contributed by atoms with Crippen molar-refractivity contribution in [1.29, 1.82) is 0 Å². The van der Waals surface area contributed by atoms with Crippen molar-refractivity contribution >= 4 is 17.4 Å². The van der Waals surface area contributed by atoms with E-state index in [1.807, 2.05) is 0 Å². The van der Waals surface area contributed by atoms with Crippen molar-refractivity contribution in [2.24, 2.45) is 0 Å². The van der Waals surface area contributed by atoms with E-state index < -0.39 is 11.6 Å². The van der Waals surface area contributed by atoms with Crippen molar-refractivity contribution in [3.05, 3.63) is 47.5 Å². The summed E-state index contributed by atoms with van der Waals surface area (Å²) in [6.45, 7) is 0. The van der Waals surface area contributed by atoms with E-state index in [1.165, 1.54) is 23.1 Å². The fourth-order valence-electron chi connectivity index (χ4n) is 1.66. The first-order chi connectivity index (χ1) is 8.66. The molecule has 7 heteroatoms. The van der Waals surface area contributed by atoms with Gasteiger partial charge in [-0.1, -0.05) is 17.7 Å². The number of rotatable bonds is 1. The Labute approximate surface area is 105 Å². The molecule has 2 heterocycles. The van der Waals surface area contributed by atoms with Crippen LogP contribution in [0.3, 0.4) is 0 Å². The van der Waals surface area contributed by atoms with E-state index in [4.69, 9.17) is 11.6 Å². The monoisotopic (exact) mass is 266 g/mol. The Bertz CT molecular complexity index is 721. The van der Waals surface area contributed by atoms with Crippen LogP contribution in [0.2, 0.25) is 5.15 Å². The predicted octanol–water partition coefficient (Wildman–Crippen LogP) is 2.72. The van der Waals surface area contributed by atoms with E-state index >= 15 is 0 Å². The van der Waals surface area contributed by atoms with E-state index in [0.717, 1.165) is 12.1 Å². The molecule has 0 radical (unpaired) electrons. The molecule has 90 valence electrons. The Hall–Kier alpha value is -2.08. The van der Waals surface area contributed by atoms with Gasteiger partial charge in [-0.2, -0.15) is 15.1 Å².